The van der Waals surface area contributed by atoms with Crippen LogP contribution in [0.2, 0.25) is 0 Å². The zero-order chi connectivity index (χ0) is 19.5. The van der Waals surface area contributed by atoms with Gasteiger partial charge < -0.3 is 10.1 Å². The van der Waals surface area contributed by atoms with E-state index in [1.54, 1.807) is 35.4 Å². The van der Waals surface area contributed by atoms with E-state index < -0.39 is 0 Å². The number of fused-ring (bicyclic) bond motifs is 1. The summed E-state index contributed by atoms with van der Waals surface area (Å²) in [6.45, 7) is 0.537. The third-order valence-electron chi connectivity index (χ3n) is 4.35. The van der Waals surface area contributed by atoms with Crippen molar-refractivity contribution in [3.05, 3.63) is 66.1 Å². The van der Waals surface area contributed by atoms with Crippen LogP contribution < -0.4 is 5.32 Å². The second-order valence-corrected chi connectivity index (χ2v) is 6.19. The van der Waals surface area contributed by atoms with Gasteiger partial charge in [-0.15, -0.1) is 0 Å². The molecule has 0 atom stereocenters. The number of anilines is 1. The van der Waals surface area contributed by atoms with E-state index in [4.69, 9.17) is 4.74 Å². The lowest BCUT2D eigenvalue weighted by atomic mass is 10.1. The molecular formula is C20H18N6O2. The molecule has 0 aliphatic heterocycles. The Morgan fingerprint density at radius 3 is 2.68 bits per heavy atom. The molecule has 4 aromatic rings. The van der Waals surface area contributed by atoms with Crippen LogP contribution in [0.4, 0.5) is 5.82 Å². The second-order valence-electron chi connectivity index (χ2n) is 6.19. The summed E-state index contributed by atoms with van der Waals surface area (Å²) < 4.78 is 6.44. The van der Waals surface area contributed by atoms with E-state index in [9.17, 15) is 4.79 Å². The first kappa shape index (κ1) is 17.6. The largest absolute Gasteiger partial charge is 0.465 e. The molecule has 0 amide bonds. The number of aromatic nitrogens is 5. The fraction of sp³-hybridized carbons (Fsp3) is 0.150. The molecule has 0 fully saturated rings. The highest BCUT2D eigenvalue weighted by Crippen LogP contribution is 2.24. The number of carbonyl (C=O) groups excluding carboxylic acids is 1. The number of methoxy groups -OCH3 is 1. The minimum absolute atomic E-state index is 0.353. The van der Waals surface area contributed by atoms with Crippen molar-refractivity contribution in [1.29, 1.82) is 0 Å². The van der Waals surface area contributed by atoms with Gasteiger partial charge >= 0.3 is 5.97 Å². The van der Waals surface area contributed by atoms with Crippen molar-refractivity contribution in [2.75, 3.05) is 12.4 Å². The minimum atomic E-state index is -0.353. The molecule has 0 saturated heterocycles. The Labute approximate surface area is 161 Å². The molecule has 0 spiro atoms. The van der Waals surface area contributed by atoms with Gasteiger partial charge in [-0.2, -0.15) is 5.10 Å². The van der Waals surface area contributed by atoms with Crippen LogP contribution in [0.25, 0.3) is 22.4 Å². The van der Waals surface area contributed by atoms with Gasteiger partial charge in [-0.05, 0) is 29.8 Å². The number of carbonyl (C=O) groups is 1. The van der Waals surface area contributed by atoms with Crippen LogP contribution in [-0.4, -0.2) is 37.8 Å². The lowest BCUT2D eigenvalue weighted by molar-refractivity contribution is 0.0600. The summed E-state index contributed by atoms with van der Waals surface area (Å²) in [6.07, 6.45) is 5.18. The van der Waals surface area contributed by atoms with E-state index in [2.05, 4.69) is 25.4 Å². The number of ether oxygens (including phenoxy) is 1. The number of aryl methyl sites for hydroxylation is 1. The van der Waals surface area contributed by atoms with Gasteiger partial charge in [0.05, 0.1) is 24.3 Å². The van der Waals surface area contributed by atoms with Crippen LogP contribution in [-0.2, 0) is 18.3 Å². The average Bonchev–Trinajstić information content (AvgIpc) is 3.13. The predicted octanol–water partition coefficient (Wildman–Crippen LogP) is 2.82. The van der Waals surface area contributed by atoms with Crippen LogP contribution in [0.1, 0.15) is 15.9 Å². The number of rotatable bonds is 5. The number of nitrogens with one attached hydrogen (secondary N) is 1. The van der Waals surface area contributed by atoms with Gasteiger partial charge in [0, 0.05) is 31.5 Å². The van der Waals surface area contributed by atoms with Crippen LogP contribution in [0.3, 0.4) is 0 Å². The van der Waals surface area contributed by atoms with Crippen LogP contribution in [0.15, 0.2) is 55.0 Å². The third-order valence-corrected chi connectivity index (χ3v) is 4.35. The highest BCUT2D eigenvalue weighted by Gasteiger charge is 2.13. The van der Waals surface area contributed by atoms with Gasteiger partial charge in [0.25, 0.3) is 0 Å². The van der Waals surface area contributed by atoms with E-state index in [0.29, 0.717) is 23.8 Å². The molecule has 0 radical (unpaired) electrons. The smallest absolute Gasteiger partial charge is 0.337 e. The Morgan fingerprint density at radius 2 is 1.96 bits per heavy atom. The van der Waals surface area contributed by atoms with Gasteiger partial charge in [-0.3, -0.25) is 9.67 Å². The van der Waals surface area contributed by atoms with E-state index in [1.165, 1.54) is 7.11 Å². The molecule has 140 valence electrons. The zero-order valence-electron chi connectivity index (χ0n) is 15.5. The summed E-state index contributed by atoms with van der Waals surface area (Å²) in [5.74, 6) is 0.912. The van der Waals surface area contributed by atoms with Gasteiger partial charge in [0.2, 0.25) is 0 Å². The second kappa shape index (κ2) is 7.43. The topological polar surface area (TPSA) is 94.8 Å². The quantitative estimate of drug-likeness (QED) is 0.537. The van der Waals surface area contributed by atoms with Crippen molar-refractivity contribution < 1.29 is 9.53 Å². The molecule has 8 heteroatoms. The van der Waals surface area contributed by atoms with Crippen LogP contribution in [0.5, 0.6) is 0 Å². The first-order chi connectivity index (χ1) is 13.7. The molecule has 1 N–H and O–H groups in total. The Bertz CT molecular complexity index is 1120. The average molecular weight is 374 g/mol. The molecule has 4 rings (SSSR count). The van der Waals surface area contributed by atoms with Crippen molar-refractivity contribution in [2.24, 2.45) is 7.05 Å². The molecular weight excluding hydrogens is 356 g/mol. The fourth-order valence-corrected chi connectivity index (χ4v) is 2.84. The van der Waals surface area contributed by atoms with Gasteiger partial charge in [-0.25, -0.2) is 14.8 Å². The van der Waals surface area contributed by atoms with Crippen molar-refractivity contribution >= 4 is 22.8 Å². The van der Waals surface area contributed by atoms with E-state index in [1.807, 2.05) is 31.3 Å². The molecule has 0 unspecified atom stereocenters. The number of benzene rings is 1. The highest BCUT2D eigenvalue weighted by atomic mass is 16.5. The summed E-state index contributed by atoms with van der Waals surface area (Å²) in [4.78, 5) is 25.0. The minimum Gasteiger partial charge on any atom is -0.465 e. The van der Waals surface area contributed by atoms with Crippen molar-refractivity contribution in [3.63, 3.8) is 0 Å². The number of hydrogen-bond donors (Lipinski definition) is 1. The fourth-order valence-electron chi connectivity index (χ4n) is 2.84. The van der Waals surface area contributed by atoms with Crippen molar-refractivity contribution in [2.45, 2.75) is 6.54 Å². The van der Waals surface area contributed by atoms with Gasteiger partial charge in [-0.1, -0.05) is 12.1 Å². The molecule has 3 aromatic heterocycles. The Balaban J connectivity index is 1.64. The Kier molecular flexibility index (Phi) is 4.67. The Hall–Kier alpha value is -3.81. The number of nitrogens with zero attached hydrogens (tertiary/aromatic N) is 5. The predicted molar refractivity (Wildman–Crippen MR) is 105 cm³/mol. The monoisotopic (exact) mass is 374 g/mol. The zero-order valence-corrected chi connectivity index (χ0v) is 15.5. The highest BCUT2D eigenvalue weighted by molar-refractivity contribution is 5.89. The summed E-state index contributed by atoms with van der Waals surface area (Å²) in [5.41, 5.74) is 3.08. The maximum absolute atomic E-state index is 11.6. The number of esters is 1. The normalized spacial score (nSPS) is 10.8. The number of hydrogen-bond acceptors (Lipinski definition) is 7. The van der Waals surface area contributed by atoms with E-state index >= 15 is 0 Å². The first-order valence-electron chi connectivity index (χ1n) is 8.67. The standard InChI is InChI=1S/C20H18N6O2/c1-26-19-16(12-23-26)18(24-17(25-19)15-4-3-9-21-11-15)22-10-13-5-7-14(8-6-13)20(27)28-2/h3-9,11-12H,10H2,1-2H3,(H,22,24,25). The lowest BCUT2D eigenvalue weighted by Crippen LogP contribution is -2.06. The van der Waals surface area contributed by atoms with Crippen LogP contribution in [0, 0.1) is 0 Å². The molecule has 8 nitrogen and oxygen atoms in total. The summed E-state index contributed by atoms with van der Waals surface area (Å²) in [7, 11) is 3.21. The van der Waals surface area contributed by atoms with E-state index in [0.717, 1.165) is 22.2 Å². The lowest BCUT2D eigenvalue weighted by Gasteiger charge is -2.10. The SMILES string of the molecule is COC(=O)c1ccc(CNc2nc(-c3cccnc3)nc3c2cnn3C)cc1. The van der Waals surface area contributed by atoms with Crippen LogP contribution >= 0.6 is 0 Å². The van der Waals surface area contributed by atoms with E-state index in [-0.39, 0.29) is 5.97 Å². The third kappa shape index (κ3) is 3.39. The number of pyridine rings is 1. The van der Waals surface area contributed by atoms with Gasteiger partial charge in [0.15, 0.2) is 11.5 Å². The maximum Gasteiger partial charge on any atom is 0.337 e. The van der Waals surface area contributed by atoms with Crippen molar-refractivity contribution in [1.82, 2.24) is 24.7 Å². The molecule has 28 heavy (non-hydrogen) atoms. The maximum atomic E-state index is 11.6. The molecule has 0 aliphatic carbocycles. The summed E-state index contributed by atoms with van der Waals surface area (Å²) >= 11 is 0. The molecule has 3 heterocycles. The molecule has 1 aromatic carbocycles. The van der Waals surface area contributed by atoms with Crippen molar-refractivity contribution in [3.8, 4) is 11.4 Å². The first-order valence-corrected chi connectivity index (χ1v) is 8.67. The Morgan fingerprint density at radius 1 is 1.14 bits per heavy atom. The summed E-state index contributed by atoms with van der Waals surface area (Å²) in [6, 6.07) is 11.0. The summed E-state index contributed by atoms with van der Waals surface area (Å²) in [5, 5.41) is 8.48. The molecule has 0 saturated carbocycles. The molecule has 0 bridgehead atoms. The van der Waals surface area contributed by atoms with Gasteiger partial charge in [0.1, 0.15) is 5.82 Å². The molecule has 0 aliphatic rings.